The van der Waals surface area contributed by atoms with Gasteiger partial charge in [0.05, 0.1) is 12.8 Å². The van der Waals surface area contributed by atoms with Crippen LogP contribution >= 0.6 is 0 Å². The Morgan fingerprint density at radius 2 is 1.97 bits per heavy atom. The molecule has 0 aliphatic heterocycles. The van der Waals surface area contributed by atoms with Gasteiger partial charge >= 0.3 is 0 Å². The molecular weight excluding hydrogens is 388 g/mol. The van der Waals surface area contributed by atoms with Crippen LogP contribution in [0.15, 0.2) is 34.8 Å². The van der Waals surface area contributed by atoms with Crippen molar-refractivity contribution >= 4 is 28.1 Å². The third kappa shape index (κ3) is 3.58. The van der Waals surface area contributed by atoms with Crippen molar-refractivity contribution < 1.29 is 22.7 Å². The van der Waals surface area contributed by atoms with Gasteiger partial charge in [0.25, 0.3) is 0 Å². The van der Waals surface area contributed by atoms with E-state index in [4.69, 9.17) is 9.15 Å². The zero-order valence-electron chi connectivity index (χ0n) is 17.2. The molecule has 0 radical (unpaired) electrons. The molecule has 1 N–H and O–H groups in total. The monoisotopic (exact) mass is 411 g/mol. The first-order chi connectivity index (χ1) is 14.4. The van der Waals surface area contributed by atoms with Crippen LogP contribution in [0.1, 0.15) is 42.2 Å². The van der Waals surface area contributed by atoms with E-state index in [0.29, 0.717) is 11.3 Å². The maximum absolute atomic E-state index is 13.8. The first kappa shape index (κ1) is 20.1. The number of furan rings is 1. The highest BCUT2D eigenvalue weighted by atomic mass is 19.1. The van der Waals surface area contributed by atoms with Gasteiger partial charge in [-0.2, -0.15) is 0 Å². The van der Waals surface area contributed by atoms with E-state index in [2.05, 4.69) is 5.32 Å². The molecule has 3 aromatic rings. The van der Waals surface area contributed by atoms with Crippen molar-refractivity contribution in [2.45, 2.75) is 39.5 Å². The van der Waals surface area contributed by atoms with Crippen molar-refractivity contribution in [1.29, 1.82) is 0 Å². The minimum atomic E-state index is -0.698. The van der Waals surface area contributed by atoms with E-state index in [9.17, 15) is 13.6 Å². The van der Waals surface area contributed by atoms with Crippen LogP contribution < -0.4 is 10.1 Å². The molecule has 0 saturated heterocycles. The third-order valence-electron chi connectivity index (χ3n) is 5.59. The predicted octanol–water partition coefficient (Wildman–Crippen LogP) is 5.95. The highest BCUT2D eigenvalue weighted by molar-refractivity contribution is 6.05. The zero-order chi connectivity index (χ0) is 21.4. The molecule has 1 heterocycles. The van der Waals surface area contributed by atoms with Gasteiger partial charge in [-0.05, 0) is 56.9 Å². The summed E-state index contributed by atoms with van der Waals surface area (Å²) in [6, 6.07) is 4.92. The summed E-state index contributed by atoms with van der Waals surface area (Å²) in [7, 11) is 1.58. The van der Waals surface area contributed by atoms with Crippen LogP contribution in [0.4, 0.5) is 14.5 Å². The molecule has 6 heteroatoms. The summed E-state index contributed by atoms with van der Waals surface area (Å²) < 4.78 is 39.0. The van der Waals surface area contributed by atoms with Crippen molar-refractivity contribution in [2.24, 2.45) is 0 Å². The molecule has 156 valence electrons. The lowest BCUT2D eigenvalue weighted by Crippen LogP contribution is -2.10. The van der Waals surface area contributed by atoms with Gasteiger partial charge in [-0.1, -0.05) is 0 Å². The molecule has 0 spiro atoms. The molecule has 0 fully saturated rings. The number of amides is 1. The number of carbonyl (C=O) groups is 1. The highest BCUT2D eigenvalue weighted by Crippen LogP contribution is 2.41. The van der Waals surface area contributed by atoms with Crippen LogP contribution in [-0.4, -0.2) is 13.0 Å². The number of nitrogens with one attached hydrogen (secondary N) is 1. The molecule has 1 aliphatic carbocycles. The predicted molar refractivity (Wildman–Crippen MR) is 113 cm³/mol. The van der Waals surface area contributed by atoms with E-state index < -0.39 is 17.5 Å². The number of aryl methyl sites for hydroxylation is 3. The molecule has 0 saturated carbocycles. The molecule has 0 bridgehead atoms. The van der Waals surface area contributed by atoms with E-state index >= 15 is 0 Å². The van der Waals surface area contributed by atoms with E-state index in [-0.39, 0.29) is 5.69 Å². The summed E-state index contributed by atoms with van der Waals surface area (Å²) in [5.41, 5.74) is 4.14. The summed E-state index contributed by atoms with van der Waals surface area (Å²) in [4.78, 5) is 12.5. The standard InChI is InChI=1S/C24H23F2NO3/c1-13(10-22(28)27-20-11-15(25)8-9-19(20)26)17-12-18-16-6-4-5-7-21(16)30-24(18)14(2)23(17)29-3/h8-12H,4-7H2,1-3H3,(H,27,28)/b13-10+. The van der Waals surface area contributed by atoms with Gasteiger partial charge in [0.15, 0.2) is 0 Å². The Bertz CT molecular complexity index is 1180. The quantitative estimate of drug-likeness (QED) is 0.540. The molecule has 30 heavy (non-hydrogen) atoms. The molecule has 0 atom stereocenters. The van der Waals surface area contributed by atoms with Crippen LogP contribution in [0.3, 0.4) is 0 Å². The normalized spacial score (nSPS) is 14.0. The minimum absolute atomic E-state index is 0.202. The average molecular weight is 411 g/mol. The number of carbonyl (C=O) groups excluding carboxylic acids is 1. The van der Waals surface area contributed by atoms with Gasteiger partial charge in [-0.3, -0.25) is 4.79 Å². The lowest BCUT2D eigenvalue weighted by Gasteiger charge is -2.14. The zero-order valence-corrected chi connectivity index (χ0v) is 17.2. The SMILES string of the molecule is COc1c(/C(C)=C/C(=O)Nc2cc(F)ccc2F)cc2c3c(oc2c1C)CCCC3. The van der Waals surface area contributed by atoms with Gasteiger partial charge < -0.3 is 14.5 Å². The van der Waals surface area contributed by atoms with Crippen LogP contribution in [0.5, 0.6) is 5.75 Å². The number of benzene rings is 2. The number of ether oxygens (including phenoxy) is 1. The van der Waals surface area contributed by atoms with Crippen molar-refractivity contribution in [3.8, 4) is 5.75 Å². The Morgan fingerprint density at radius 1 is 1.20 bits per heavy atom. The average Bonchev–Trinajstić information content (AvgIpc) is 3.09. The summed E-state index contributed by atoms with van der Waals surface area (Å²) in [5.74, 6) is -0.215. The fourth-order valence-corrected chi connectivity index (χ4v) is 4.13. The lowest BCUT2D eigenvalue weighted by atomic mass is 9.93. The van der Waals surface area contributed by atoms with Crippen LogP contribution in [0.2, 0.25) is 0 Å². The Kier molecular flexibility index (Phi) is 5.33. The van der Waals surface area contributed by atoms with E-state index in [1.165, 1.54) is 11.6 Å². The van der Waals surface area contributed by atoms with Crippen LogP contribution in [0, 0.1) is 18.6 Å². The van der Waals surface area contributed by atoms with Crippen molar-refractivity contribution in [2.75, 3.05) is 12.4 Å². The molecule has 4 nitrogen and oxygen atoms in total. The summed E-state index contributed by atoms with van der Waals surface area (Å²) >= 11 is 0. The molecular formula is C24H23F2NO3. The smallest absolute Gasteiger partial charge is 0.248 e. The van der Waals surface area contributed by atoms with Gasteiger partial charge in [0, 0.05) is 40.6 Å². The Labute approximate surface area is 173 Å². The van der Waals surface area contributed by atoms with Gasteiger partial charge in [0.2, 0.25) is 5.91 Å². The van der Waals surface area contributed by atoms with Crippen LogP contribution in [-0.2, 0) is 17.6 Å². The topological polar surface area (TPSA) is 51.5 Å². The number of anilines is 1. The Morgan fingerprint density at radius 3 is 2.73 bits per heavy atom. The maximum Gasteiger partial charge on any atom is 0.248 e. The Hall–Kier alpha value is -3.15. The number of fused-ring (bicyclic) bond motifs is 3. The van der Waals surface area contributed by atoms with Crippen molar-refractivity contribution in [1.82, 2.24) is 0 Å². The maximum atomic E-state index is 13.8. The highest BCUT2D eigenvalue weighted by Gasteiger charge is 2.23. The lowest BCUT2D eigenvalue weighted by molar-refractivity contribution is -0.111. The number of methoxy groups -OCH3 is 1. The second kappa shape index (κ2) is 7.94. The number of rotatable bonds is 4. The minimum Gasteiger partial charge on any atom is -0.496 e. The number of hydrogen-bond acceptors (Lipinski definition) is 3. The molecule has 1 aromatic heterocycles. The van der Waals surface area contributed by atoms with Gasteiger partial charge in [0.1, 0.15) is 28.7 Å². The summed E-state index contributed by atoms with van der Waals surface area (Å²) in [6.07, 6.45) is 5.50. The fraction of sp³-hybridized carbons (Fsp3) is 0.292. The van der Waals surface area contributed by atoms with Crippen LogP contribution in [0.25, 0.3) is 16.5 Å². The number of allylic oxidation sites excluding steroid dienone is 1. The molecule has 0 unspecified atom stereocenters. The second-order valence-electron chi connectivity index (χ2n) is 7.61. The van der Waals surface area contributed by atoms with Gasteiger partial charge in [-0.15, -0.1) is 0 Å². The van der Waals surface area contributed by atoms with E-state index in [0.717, 1.165) is 71.7 Å². The number of hydrogen-bond donors (Lipinski definition) is 1. The Balaban J connectivity index is 1.73. The van der Waals surface area contributed by atoms with Crippen molar-refractivity contribution in [3.05, 3.63) is 64.4 Å². The third-order valence-corrected chi connectivity index (χ3v) is 5.59. The number of halogens is 2. The molecule has 4 rings (SSSR count). The largest absolute Gasteiger partial charge is 0.496 e. The van der Waals surface area contributed by atoms with E-state index in [1.54, 1.807) is 14.0 Å². The molecule has 2 aromatic carbocycles. The van der Waals surface area contributed by atoms with Crippen molar-refractivity contribution in [3.63, 3.8) is 0 Å². The second-order valence-corrected chi connectivity index (χ2v) is 7.61. The first-order valence-corrected chi connectivity index (χ1v) is 9.95. The summed E-state index contributed by atoms with van der Waals surface area (Å²) in [6.45, 7) is 3.73. The summed E-state index contributed by atoms with van der Waals surface area (Å²) in [5, 5.41) is 3.44. The van der Waals surface area contributed by atoms with Gasteiger partial charge in [-0.25, -0.2) is 8.78 Å². The molecule has 1 amide bonds. The van der Waals surface area contributed by atoms with E-state index in [1.807, 2.05) is 13.0 Å². The fourth-order valence-electron chi connectivity index (χ4n) is 4.13. The first-order valence-electron chi connectivity index (χ1n) is 9.95. The molecule has 1 aliphatic rings.